The first-order valence-corrected chi connectivity index (χ1v) is 7.38. The summed E-state index contributed by atoms with van der Waals surface area (Å²) in [6.07, 6.45) is 0. The number of ether oxygens (including phenoxy) is 1. The van der Waals surface area contributed by atoms with Crippen LogP contribution in [0.5, 0.6) is 0 Å². The highest BCUT2D eigenvalue weighted by Crippen LogP contribution is 2.19. The van der Waals surface area contributed by atoms with E-state index in [0.717, 1.165) is 16.6 Å². The van der Waals surface area contributed by atoms with E-state index in [1.54, 1.807) is 4.68 Å². The van der Waals surface area contributed by atoms with Crippen LogP contribution in [0.3, 0.4) is 0 Å². The minimum absolute atomic E-state index is 0.0467. The van der Waals surface area contributed by atoms with E-state index >= 15 is 0 Å². The summed E-state index contributed by atoms with van der Waals surface area (Å²) in [5.41, 5.74) is 3.41. The van der Waals surface area contributed by atoms with Gasteiger partial charge in [-0.25, -0.2) is 0 Å². The molecule has 7 heteroatoms. The van der Waals surface area contributed by atoms with Crippen molar-refractivity contribution >= 4 is 11.8 Å². The summed E-state index contributed by atoms with van der Waals surface area (Å²) in [7, 11) is 0. The molecule has 108 valence electrons. The molecule has 0 radical (unpaired) electrons. The first-order chi connectivity index (χ1) is 9.72. The average Bonchev–Trinajstić information content (AvgIpc) is 2.90. The quantitative estimate of drug-likeness (QED) is 0.614. The number of tetrazole rings is 1. The number of rotatable bonds is 7. The van der Waals surface area contributed by atoms with Gasteiger partial charge in [-0.15, -0.1) is 5.10 Å². The lowest BCUT2D eigenvalue weighted by molar-refractivity contribution is 0.103. The third kappa shape index (κ3) is 3.78. The van der Waals surface area contributed by atoms with Crippen LogP contribution < -0.4 is 0 Å². The second-order valence-corrected chi connectivity index (χ2v) is 5.39. The zero-order valence-corrected chi connectivity index (χ0v) is 12.4. The van der Waals surface area contributed by atoms with E-state index in [0.29, 0.717) is 13.2 Å². The van der Waals surface area contributed by atoms with Gasteiger partial charge in [0.2, 0.25) is 5.16 Å². The second-order valence-electron chi connectivity index (χ2n) is 4.33. The number of thioether (sulfide) groups is 1. The molecule has 0 saturated carbocycles. The Morgan fingerprint density at radius 3 is 2.85 bits per heavy atom. The van der Waals surface area contributed by atoms with Gasteiger partial charge in [0.1, 0.15) is 0 Å². The molecular formula is C13H18N4O2S. The first kappa shape index (κ1) is 15.0. The molecular weight excluding hydrogens is 276 g/mol. The Labute approximate surface area is 122 Å². The molecule has 1 N–H and O–H groups in total. The molecule has 0 saturated heterocycles. The minimum atomic E-state index is 0.0467. The van der Waals surface area contributed by atoms with Crippen LogP contribution in [0.2, 0.25) is 0 Å². The largest absolute Gasteiger partial charge is 0.394 e. The third-order valence-corrected chi connectivity index (χ3v) is 3.75. The maximum absolute atomic E-state index is 8.62. The van der Waals surface area contributed by atoms with E-state index in [1.165, 1.54) is 22.9 Å². The summed E-state index contributed by atoms with van der Waals surface area (Å²) in [6, 6.07) is 6.13. The number of hydrogen-bond acceptors (Lipinski definition) is 6. The number of aliphatic hydroxyl groups is 1. The molecule has 0 fully saturated rings. The van der Waals surface area contributed by atoms with Gasteiger partial charge in [0.25, 0.3) is 0 Å². The highest BCUT2D eigenvalue weighted by atomic mass is 32.2. The summed E-state index contributed by atoms with van der Waals surface area (Å²) < 4.78 is 6.94. The van der Waals surface area contributed by atoms with Crippen molar-refractivity contribution in [2.45, 2.75) is 19.0 Å². The fraction of sp³-hybridized carbons (Fsp3) is 0.462. The van der Waals surface area contributed by atoms with Crippen LogP contribution in [0.25, 0.3) is 5.69 Å². The SMILES string of the molecule is Cc1ccc(-n2nnnc2SCCOCCO)cc1C. The van der Waals surface area contributed by atoms with Gasteiger partial charge in [-0.3, -0.25) is 0 Å². The summed E-state index contributed by atoms with van der Waals surface area (Å²) in [4.78, 5) is 0. The Morgan fingerprint density at radius 1 is 1.25 bits per heavy atom. The van der Waals surface area contributed by atoms with Crippen molar-refractivity contribution in [1.29, 1.82) is 0 Å². The van der Waals surface area contributed by atoms with Crippen molar-refractivity contribution in [3.63, 3.8) is 0 Å². The van der Waals surface area contributed by atoms with Crippen LogP contribution in [0.1, 0.15) is 11.1 Å². The van der Waals surface area contributed by atoms with Gasteiger partial charge in [0, 0.05) is 5.75 Å². The Morgan fingerprint density at radius 2 is 2.10 bits per heavy atom. The van der Waals surface area contributed by atoms with Crippen molar-refractivity contribution < 1.29 is 9.84 Å². The van der Waals surface area contributed by atoms with Crippen LogP contribution in [0, 0.1) is 13.8 Å². The molecule has 0 bridgehead atoms. The van der Waals surface area contributed by atoms with E-state index in [-0.39, 0.29) is 6.61 Å². The van der Waals surface area contributed by atoms with Gasteiger partial charge in [-0.1, -0.05) is 17.8 Å². The van der Waals surface area contributed by atoms with Crippen LogP contribution in [0.4, 0.5) is 0 Å². The average molecular weight is 294 g/mol. The Bertz CT molecular complexity index is 559. The topological polar surface area (TPSA) is 73.1 Å². The van der Waals surface area contributed by atoms with Crippen molar-refractivity contribution in [3.8, 4) is 5.69 Å². The van der Waals surface area contributed by atoms with Crippen molar-refractivity contribution in [3.05, 3.63) is 29.3 Å². The maximum atomic E-state index is 8.62. The predicted molar refractivity (Wildman–Crippen MR) is 77.3 cm³/mol. The summed E-state index contributed by atoms with van der Waals surface area (Å²) in [5.74, 6) is 0.741. The van der Waals surface area contributed by atoms with Gasteiger partial charge in [0.15, 0.2) is 0 Å². The summed E-state index contributed by atoms with van der Waals surface area (Å²) in [6.45, 7) is 5.12. The van der Waals surface area contributed by atoms with E-state index in [4.69, 9.17) is 9.84 Å². The number of aryl methyl sites for hydroxylation is 2. The van der Waals surface area contributed by atoms with E-state index in [2.05, 4.69) is 41.5 Å². The van der Waals surface area contributed by atoms with Gasteiger partial charge < -0.3 is 9.84 Å². The molecule has 1 aromatic carbocycles. The highest BCUT2D eigenvalue weighted by molar-refractivity contribution is 7.99. The van der Waals surface area contributed by atoms with Gasteiger partial charge in [0.05, 0.1) is 25.5 Å². The molecule has 0 aliphatic rings. The molecule has 1 aromatic heterocycles. The molecule has 0 aliphatic heterocycles. The van der Waals surface area contributed by atoms with Gasteiger partial charge in [-0.2, -0.15) is 4.68 Å². The predicted octanol–water partition coefficient (Wildman–Crippen LogP) is 1.38. The van der Waals surface area contributed by atoms with E-state index in [1.807, 2.05) is 6.07 Å². The Hall–Kier alpha value is -1.44. The monoisotopic (exact) mass is 294 g/mol. The highest BCUT2D eigenvalue weighted by Gasteiger charge is 2.09. The first-order valence-electron chi connectivity index (χ1n) is 6.40. The molecule has 0 unspecified atom stereocenters. The Kier molecular flexibility index (Phi) is 5.51. The van der Waals surface area contributed by atoms with Crippen LogP contribution in [0.15, 0.2) is 23.4 Å². The maximum Gasteiger partial charge on any atom is 0.214 e. The molecule has 6 nitrogen and oxygen atoms in total. The molecule has 0 atom stereocenters. The van der Waals surface area contributed by atoms with Crippen molar-refractivity contribution in [1.82, 2.24) is 20.2 Å². The zero-order valence-electron chi connectivity index (χ0n) is 11.6. The molecule has 0 aliphatic carbocycles. The molecule has 2 aromatic rings. The third-order valence-electron chi connectivity index (χ3n) is 2.87. The fourth-order valence-corrected chi connectivity index (χ4v) is 2.39. The van der Waals surface area contributed by atoms with E-state index in [9.17, 15) is 0 Å². The van der Waals surface area contributed by atoms with E-state index < -0.39 is 0 Å². The summed E-state index contributed by atoms with van der Waals surface area (Å²) >= 11 is 1.53. The van der Waals surface area contributed by atoms with Crippen LogP contribution in [-0.4, -0.2) is 50.9 Å². The zero-order chi connectivity index (χ0) is 14.4. The van der Waals surface area contributed by atoms with Crippen molar-refractivity contribution in [2.24, 2.45) is 0 Å². The van der Waals surface area contributed by atoms with Gasteiger partial charge >= 0.3 is 0 Å². The smallest absolute Gasteiger partial charge is 0.214 e. The minimum Gasteiger partial charge on any atom is -0.394 e. The lowest BCUT2D eigenvalue weighted by Crippen LogP contribution is -2.04. The molecule has 20 heavy (non-hydrogen) atoms. The molecule has 2 rings (SSSR count). The van der Waals surface area contributed by atoms with Crippen LogP contribution in [-0.2, 0) is 4.74 Å². The number of nitrogens with zero attached hydrogens (tertiary/aromatic N) is 4. The number of benzene rings is 1. The van der Waals surface area contributed by atoms with Crippen LogP contribution >= 0.6 is 11.8 Å². The lowest BCUT2D eigenvalue weighted by atomic mass is 10.1. The van der Waals surface area contributed by atoms with Crippen molar-refractivity contribution in [2.75, 3.05) is 25.6 Å². The summed E-state index contributed by atoms with van der Waals surface area (Å²) in [5, 5.41) is 21.1. The standard InChI is InChI=1S/C13H18N4O2S/c1-10-3-4-12(9-11(10)2)17-13(14-15-16-17)20-8-7-19-6-5-18/h3-4,9,18H,5-8H2,1-2H3. The number of hydrogen-bond donors (Lipinski definition) is 1. The lowest BCUT2D eigenvalue weighted by Gasteiger charge is -2.07. The number of aliphatic hydroxyl groups excluding tert-OH is 1. The molecule has 0 amide bonds. The number of aromatic nitrogens is 4. The van der Waals surface area contributed by atoms with Gasteiger partial charge in [-0.05, 0) is 47.5 Å². The normalized spacial score (nSPS) is 10.9. The molecule has 1 heterocycles. The molecule has 0 spiro atoms. The Balaban J connectivity index is 2.02. The fourth-order valence-electron chi connectivity index (χ4n) is 1.65. The second kappa shape index (κ2) is 7.37.